The number of aliphatic hydroxyl groups is 1. The molecule has 1 N–H and O–H groups in total. The molecule has 1 rings (SSSR count). The summed E-state index contributed by atoms with van der Waals surface area (Å²) in [6.07, 6.45) is 6.85. The standard InChI is InChI=1S/C14H25NO.ClH/c1-3-14(2,16)10-6-4-7-11-15-12-8-5-9-13-15;/h16H,3-5,7-9,11-13H2,1-2H3;1H. The first kappa shape index (κ1) is 16.8. The van der Waals surface area contributed by atoms with E-state index >= 15 is 0 Å². The van der Waals surface area contributed by atoms with Crippen molar-refractivity contribution in [3.8, 4) is 11.8 Å². The summed E-state index contributed by atoms with van der Waals surface area (Å²) in [6.45, 7) is 7.44. The molecule has 1 saturated heterocycles. The van der Waals surface area contributed by atoms with Crippen LogP contribution >= 0.6 is 12.4 Å². The Morgan fingerprint density at radius 3 is 2.47 bits per heavy atom. The number of unbranched alkanes of at least 4 members (excludes halogenated alkanes) is 1. The number of nitrogens with zero attached hydrogens (tertiary/aromatic N) is 1. The third-order valence-corrected chi connectivity index (χ3v) is 3.27. The average molecular weight is 260 g/mol. The Hall–Kier alpha value is -0.230. The predicted octanol–water partition coefficient (Wildman–Crippen LogP) is 2.84. The largest absolute Gasteiger partial charge is 0.378 e. The van der Waals surface area contributed by atoms with Gasteiger partial charge in [-0.2, -0.15) is 0 Å². The molecule has 1 atom stereocenters. The smallest absolute Gasteiger partial charge is 0.122 e. The third-order valence-electron chi connectivity index (χ3n) is 3.27. The second kappa shape index (κ2) is 8.80. The van der Waals surface area contributed by atoms with E-state index in [4.69, 9.17) is 0 Å². The lowest BCUT2D eigenvalue weighted by Gasteiger charge is -2.25. The summed E-state index contributed by atoms with van der Waals surface area (Å²) in [5.74, 6) is 6.02. The Morgan fingerprint density at radius 1 is 1.24 bits per heavy atom. The van der Waals surface area contributed by atoms with Gasteiger partial charge in [-0.1, -0.05) is 19.3 Å². The van der Waals surface area contributed by atoms with E-state index < -0.39 is 5.60 Å². The topological polar surface area (TPSA) is 23.5 Å². The van der Waals surface area contributed by atoms with Gasteiger partial charge in [0.25, 0.3) is 0 Å². The highest BCUT2D eigenvalue weighted by Crippen LogP contribution is 2.09. The highest BCUT2D eigenvalue weighted by atomic mass is 35.5. The normalized spacial score (nSPS) is 19.7. The molecule has 0 spiro atoms. The zero-order valence-corrected chi connectivity index (χ0v) is 12.0. The van der Waals surface area contributed by atoms with Crippen LogP contribution in [0.4, 0.5) is 0 Å². The van der Waals surface area contributed by atoms with Crippen LogP contribution < -0.4 is 0 Å². The molecular weight excluding hydrogens is 234 g/mol. The fourth-order valence-corrected chi connectivity index (χ4v) is 1.92. The minimum atomic E-state index is -0.787. The van der Waals surface area contributed by atoms with E-state index in [-0.39, 0.29) is 12.4 Å². The Bertz CT molecular complexity index is 249. The molecule has 1 aliphatic rings. The molecule has 0 aromatic carbocycles. The van der Waals surface area contributed by atoms with Crippen molar-refractivity contribution in [2.24, 2.45) is 0 Å². The number of halogens is 1. The summed E-state index contributed by atoms with van der Waals surface area (Å²) in [7, 11) is 0. The quantitative estimate of drug-likeness (QED) is 0.620. The Balaban J connectivity index is 0.00000256. The van der Waals surface area contributed by atoms with Crippen LogP contribution in [0.1, 0.15) is 52.4 Å². The van der Waals surface area contributed by atoms with Crippen LogP contribution in [0, 0.1) is 11.8 Å². The second-order valence-corrected chi connectivity index (χ2v) is 4.94. The maximum atomic E-state index is 9.69. The van der Waals surface area contributed by atoms with Crippen LogP contribution in [0.5, 0.6) is 0 Å². The monoisotopic (exact) mass is 259 g/mol. The second-order valence-electron chi connectivity index (χ2n) is 4.94. The van der Waals surface area contributed by atoms with E-state index in [0.717, 1.165) is 12.8 Å². The molecule has 0 saturated carbocycles. The van der Waals surface area contributed by atoms with Crippen LogP contribution in [0.15, 0.2) is 0 Å². The Morgan fingerprint density at radius 2 is 1.88 bits per heavy atom. The molecule has 1 heterocycles. The van der Waals surface area contributed by atoms with Crippen molar-refractivity contribution in [2.45, 2.75) is 58.0 Å². The third kappa shape index (κ3) is 7.65. The summed E-state index contributed by atoms with van der Waals surface area (Å²) < 4.78 is 0. The fraction of sp³-hybridized carbons (Fsp3) is 0.857. The lowest BCUT2D eigenvalue weighted by atomic mass is 10.0. The van der Waals surface area contributed by atoms with Gasteiger partial charge < -0.3 is 10.0 Å². The molecule has 0 aromatic rings. The number of likely N-dealkylation sites (tertiary alicyclic amines) is 1. The van der Waals surface area contributed by atoms with Gasteiger partial charge in [0.1, 0.15) is 5.60 Å². The number of hydrogen-bond donors (Lipinski definition) is 1. The highest BCUT2D eigenvalue weighted by molar-refractivity contribution is 5.85. The molecule has 3 heteroatoms. The van der Waals surface area contributed by atoms with E-state index in [9.17, 15) is 5.11 Å². The van der Waals surface area contributed by atoms with E-state index in [0.29, 0.717) is 6.42 Å². The first-order chi connectivity index (χ1) is 7.64. The molecule has 0 aromatic heterocycles. The number of hydrogen-bond acceptors (Lipinski definition) is 2. The Kier molecular flexibility index (Phi) is 8.68. The molecule has 1 unspecified atom stereocenters. The SMILES string of the molecule is CCC(C)(O)C#CCCCN1CCCCC1.Cl. The van der Waals surface area contributed by atoms with Gasteiger partial charge >= 0.3 is 0 Å². The first-order valence-electron chi connectivity index (χ1n) is 6.59. The lowest BCUT2D eigenvalue weighted by molar-refractivity contribution is 0.118. The maximum absolute atomic E-state index is 9.69. The Labute approximate surface area is 112 Å². The molecule has 2 nitrogen and oxygen atoms in total. The van der Waals surface area contributed by atoms with Crippen molar-refractivity contribution < 1.29 is 5.11 Å². The van der Waals surface area contributed by atoms with Crippen LogP contribution in [-0.4, -0.2) is 35.2 Å². The van der Waals surface area contributed by atoms with Gasteiger partial charge in [0.15, 0.2) is 0 Å². The number of rotatable bonds is 4. The van der Waals surface area contributed by atoms with Crippen molar-refractivity contribution >= 4 is 12.4 Å². The molecular formula is C14H26ClNO. The molecule has 17 heavy (non-hydrogen) atoms. The summed E-state index contributed by atoms with van der Waals surface area (Å²) in [6, 6.07) is 0. The predicted molar refractivity (Wildman–Crippen MR) is 75.5 cm³/mol. The average Bonchev–Trinajstić information content (AvgIpc) is 2.30. The van der Waals surface area contributed by atoms with E-state index in [1.807, 2.05) is 6.92 Å². The maximum Gasteiger partial charge on any atom is 0.122 e. The van der Waals surface area contributed by atoms with Crippen LogP contribution in [0.2, 0.25) is 0 Å². The van der Waals surface area contributed by atoms with Crippen molar-refractivity contribution in [3.63, 3.8) is 0 Å². The van der Waals surface area contributed by atoms with Gasteiger partial charge in [-0.3, -0.25) is 0 Å². The van der Waals surface area contributed by atoms with Crippen LogP contribution in [0.3, 0.4) is 0 Å². The zero-order valence-electron chi connectivity index (χ0n) is 11.2. The highest BCUT2D eigenvalue weighted by Gasteiger charge is 2.12. The summed E-state index contributed by atoms with van der Waals surface area (Å²) in [4.78, 5) is 2.53. The van der Waals surface area contributed by atoms with E-state index in [1.165, 1.54) is 38.9 Å². The lowest BCUT2D eigenvalue weighted by Crippen LogP contribution is -2.30. The van der Waals surface area contributed by atoms with Crippen LogP contribution in [0.25, 0.3) is 0 Å². The molecule has 0 bridgehead atoms. The molecule has 100 valence electrons. The molecule has 0 radical (unpaired) electrons. The summed E-state index contributed by atoms with van der Waals surface area (Å²) in [5.41, 5.74) is -0.787. The number of piperidine rings is 1. The summed E-state index contributed by atoms with van der Waals surface area (Å²) in [5, 5.41) is 9.69. The van der Waals surface area contributed by atoms with Crippen molar-refractivity contribution in [2.75, 3.05) is 19.6 Å². The minimum Gasteiger partial charge on any atom is -0.378 e. The molecule has 1 aliphatic heterocycles. The van der Waals surface area contributed by atoms with E-state index in [1.54, 1.807) is 6.92 Å². The van der Waals surface area contributed by atoms with Crippen LogP contribution in [-0.2, 0) is 0 Å². The first-order valence-corrected chi connectivity index (χ1v) is 6.59. The van der Waals surface area contributed by atoms with E-state index in [2.05, 4.69) is 16.7 Å². The van der Waals surface area contributed by atoms with Gasteiger partial charge in [0.2, 0.25) is 0 Å². The van der Waals surface area contributed by atoms with Gasteiger partial charge in [-0.05, 0) is 52.2 Å². The molecule has 0 aliphatic carbocycles. The molecule has 0 amide bonds. The van der Waals surface area contributed by atoms with Crippen molar-refractivity contribution in [1.82, 2.24) is 4.90 Å². The van der Waals surface area contributed by atoms with Crippen molar-refractivity contribution in [3.05, 3.63) is 0 Å². The van der Waals surface area contributed by atoms with Gasteiger partial charge in [0.05, 0.1) is 0 Å². The van der Waals surface area contributed by atoms with Gasteiger partial charge in [0, 0.05) is 6.42 Å². The van der Waals surface area contributed by atoms with Gasteiger partial charge in [-0.15, -0.1) is 18.3 Å². The fourth-order valence-electron chi connectivity index (χ4n) is 1.92. The van der Waals surface area contributed by atoms with Gasteiger partial charge in [-0.25, -0.2) is 0 Å². The minimum absolute atomic E-state index is 0. The van der Waals surface area contributed by atoms with Crippen molar-refractivity contribution in [1.29, 1.82) is 0 Å². The molecule has 1 fully saturated rings. The zero-order chi connectivity index (χ0) is 11.9. The summed E-state index contributed by atoms with van der Waals surface area (Å²) >= 11 is 0.